The third-order valence-corrected chi connectivity index (χ3v) is 5.30. The number of esters is 1. The van der Waals surface area contributed by atoms with Crippen LogP contribution >= 0.6 is 11.6 Å². The number of nitrogens with zero attached hydrogens (tertiary/aromatic N) is 2. The molecule has 0 aliphatic carbocycles. The average Bonchev–Trinajstić information content (AvgIpc) is 2.80. The van der Waals surface area contributed by atoms with E-state index in [-0.39, 0.29) is 18.1 Å². The van der Waals surface area contributed by atoms with Crippen LogP contribution in [-0.4, -0.2) is 47.4 Å². The van der Waals surface area contributed by atoms with Crippen LogP contribution in [0.2, 0.25) is 0 Å². The van der Waals surface area contributed by atoms with E-state index in [1.54, 1.807) is 19.1 Å². The number of hydrogen-bond acceptors (Lipinski definition) is 6. The number of carboxylic acid groups (broad SMARTS) is 1. The van der Waals surface area contributed by atoms with Gasteiger partial charge in [-0.25, -0.2) is 0 Å². The first-order chi connectivity index (χ1) is 16.6. The van der Waals surface area contributed by atoms with Gasteiger partial charge < -0.3 is 20.1 Å². The zero-order valence-electron chi connectivity index (χ0n) is 19.6. The highest BCUT2D eigenvalue weighted by Gasteiger charge is 2.40. The zero-order valence-corrected chi connectivity index (χ0v) is 20.3. The number of alkyl halides is 1. The van der Waals surface area contributed by atoms with Crippen LogP contribution in [-0.2, 0) is 23.9 Å². The lowest BCUT2D eigenvalue weighted by Gasteiger charge is -2.31. The Bertz CT molecular complexity index is 1140. The Hall–Kier alpha value is -3.90. The van der Waals surface area contributed by atoms with E-state index < -0.39 is 42.2 Å². The van der Waals surface area contributed by atoms with E-state index in [1.165, 1.54) is 29.2 Å². The van der Waals surface area contributed by atoms with Gasteiger partial charge in [-0.3, -0.25) is 19.2 Å². The Morgan fingerprint density at radius 1 is 1.14 bits per heavy atom. The summed E-state index contributed by atoms with van der Waals surface area (Å²) in [5, 5.41) is 21.0. The molecule has 9 nitrogen and oxygen atoms in total. The third-order valence-electron chi connectivity index (χ3n) is 5.13. The maximum absolute atomic E-state index is 13.7. The van der Waals surface area contributed by atoms with Crippen molar-refractivity contribution in [3.8, 4) is 6.07 Å². The van der Waals surface area contributed by atoms with Crippen molar-refractivity contribution >= 4 is 46.7 Å². The number of halogens is 1. The van der Waals surface area contributed by atoms with Crippen LogP contribution in [0.25, 0.3) is 0 Å². The van der Waals surface area contributed by atoms with Crippen molar-refractivity contribution < 1.29 is 29.0 Å². The molecule has 0 unspecified atom stereocenters. The fourth-order valence-electron chi connectivity index (χ4n) is 3.59. The van der Waals surface area contributed by atoms with E-state index in [0.29, 0.717) is 11.3 Å². The first kappa shape index (κ1) is 27.3. The minimum atomic E-state index is -1.73. The molecule has 0 aliphatic rings. The summed E-state index contributed by atoms with van der Waals surface area (Å²) < 4.78 is 5.18. The SMILES string of the molecule is CC(=O)O[C@@H](C(=O)Nc1ccc(C#N)cc1)[C@@H](CC(=O)O)C(=O)N(CCCl)c1ccc(C)cc1C. The largest absolute Gasteiger partial charge is 0.481 e. The summed E-state index contributed by atoms with van der Waals surface area (Å²) >= 11 is 5.94. The Kier molecular flexibility index (Phi) is 9.79. The molecule has 0 radical (unpaired) electrons. The molecule has 2 amide bonds. The molecule has 0 aromatic heterocycles. The number of rotatable bonds is 10. The van der Waals surface area contributed by atoms with Crippen LogP contribution in [0, 0.1) is 31.1 Å². The highest BCUT2D eigenvalue weighted by Crippen LogP contribution is 2.27. The lowest BCUT2D eigenvalue weighted by molar-refractivity contribution is -0.160. The lowest BCUT2D eigenvalue weighted by Crippen LogP contribution is -2.49. The first-order valence-electron chi connectivity index (χ1n) is 10.7. The number of nitriles is 1. The molecule has 2 aromatic carbocycles. The molecule has 2 rings (SSSR count). The van der Waals surface area contributed by atoms with Gasteiger partial charge in [0.1, 0.15) is 0 Å². The molecule has 2 N–H and O–H groups in total. The fraction of sp³-hybridized carbons (Fsp3) is 0.320. The predicted molar refractivity (Wildman–Crippen MR) is 130 cm³/mol. The van der Waals surface area contributed by atoms with E-state index in [2.05, 4.69) is 5.32 Å². The topological polar surface area (TPSA) is 137 Å². The predicted octanol–water partition coefficient (Wildman–Crippen LogP) is 3.41. The molecule has 184 valence electrons. The van der Waals surface area contributed by atoms with Gasteiger partial charge in [0.05, 0.1) is 24.0 Å². The maximum Gasteiger partial charge on any atom is 0.304 e. The van der Waals surface area contributed by atoms with E-state index in [4.69, 9.17) is 21.6 Å². The molecule has 0 saturated heterocycles. The van der Waals surface area contributed by atoms with Gasteiger partial charge in [-0.2, -0.15) is 5.26 Å². The minimum absolute atomic E-state index is 0.0461. The van der Waals surface area contributed by atoms with Crippen molar-refractivity contribution in [3.05, 3.63) is 59.2 Å². The Balaban J connectivity index is 2.47. The zero-order chi connectivity index (χ0) is 26.1. The molecule has 0 saturated carbocycles. The number of hydrogen-bond donors (Lipinski definition) is 2. The van der Waals surface area contributed by atoms with Crippen molar-refractivity contribution in [2.24, 2.45) is 5.92 Å². The fourth-order valence-corrected chi connectivity index (χ4v) is 3.76. The highest BCUT2D eigenvalue weighted by molar-refractivity contribution is 6.18. The number of carbonyl (C=O) groups is 4. The van der Waals surface area contributed by atoms with Crippen LogP contribution in [0.3, 0.4) is 0 Å². The van der Waals surface area contributed by atoms with Crippen LogP contribution in [0.4, 0.5) is 11.4 Å². The molecular formula is C25H26ClN3O6. The van der Waals surface area contributed by atoms with Gasteiger partial charge in [0.25, 0.3) is 5.91 Å². The third kappa shape index (κ3) is 7.55. The second kappa shape index (κ2) is 12.5. The number of carbonyl (C=O) groups excluding carboxylic acids is 3. The van der Waals surface area contributed by atoms with Gasteiger partial charge in [-0.15, -0.1) is 11.6 Å². The molecular weight excluding hydrogens is 474 g/mol. The quantitative estimate of drug-likeness (QED) is 0.377. The normalized spacial score (nSPS) is 12.1. The summed E-state index contributed by atoms with van der Waals surface area (Å²) in [4.78, 5) is 51.6. The first-order valence-corrected chi connectivity index (χ1v) is 11.3. The number of nitrogens with one attached hydrogen (secondary N) is 1. The second-order valence-electron chi connectivity index (χ2n) is 7.88. The number of aryl methyl sites for hydroxylation is 2. The monoisotopic (exact) mass is 499 g/mol. The van der Waals surface area contributed by atoms with Crippen molar-refractivity contribution in [1.29, 1.82) is 5.26 Å². The van der Waals surface area contributed by atoms with E-state index in [0.717, 1.165) is 18.1 Å². The van der Waals surface area contributed by atoms with Gasteiger partial charge in [0, 0.05) is 30.7 Å². The summed E-state index contributed by atoms with van der Waals surface area (Å²) in [7, 11) is 0. The molecule has 35 heavy (non-hydrogen) atoms. The van der Waals surface area contributed by atoms with Crippen LogP contribution in [0.1, 0.15) is 30.0 Å². The summed E-state index contributed by atoms with van der Waals surface area (Å²) in [5.74, 6) is -5.29. The molecule has 0 spiro atoms. The summed E-state index contributed by atoms with van der Waals surface area (Å²) in [6, 6.07) is 13.2. The van der Waals surface area contributed by atoms with Crippen molar-refractivity contribution in [2.75, 3.05) is 22.6 Å². The van der Waals surface area contributed by atoms with Crippen LogP contribution in [0.15, 0.2) is 42.5 Å². The van der Waals surface area contributed by atoms with Crippen LogP contribution < -0.4 is 10.2 Å². The Morgan fingerprint density at radius 2 is 1.80 bits per heavy atom. The molecule has 10 heteroatoms. The van der Waals surface area contributed by atoms with Gasteiger partial charge in [-0.1, -0.05) is 17.7 Å². The second-order valence-corrected chi connectivity index (χ2v) is 8.26. The summed E-state index contributed by atoms with van der Waals surface area (Å²) in [6.07, 6.45) is -2.49. The van der Waals surface area contributed by atoms with Gasteiger partial charge >= 0.3 is 11.9 Å². The lowest BCUT2D eigenvalue weighted by atomic mass is 9.94. The Morgan fingerprint density at radius 3 is 2.31 bits per heavy atom. The highest BCUT2D eigenvalue weighted by atomic mass is 35.5. The standard InChI is InChI=1S/C25H26ClN3O6/c1-15-4-9-21(16(2)12-15)29(11-10-26)25(34)20(13-22(31)32)23(35-17(3)30)24(33)28-19-7-5-18(14-27)6-8-19/h4-9,12,20,23H,10-11,13H2,1-3H3,(H,28,33)(H,31,32)/t20-,23-/m1/s1. The smallest absolute Gasteiger partial charge is 0.304 e. The van der Waals surface area contributed by atoms with E-state index in [9.17, 15) is 24.3 Å². The van der Waals surface area contributed by atoms with E-state index in [1.807, 2.05) is 19.1 Å². The van der Waals surface area contributed by atoms with Gasteiger partial charge in [-0.05, 0) is 49.7 Å². The molecule has 2 aromatic rings. The van der Waals surface area contributed by atoms with Crippen molar-refractivity contribution in [3.63, 3.8) is 0 Å². The van der Waals surface area contributed by atoms with Crippen molar-refractivity contribution in [2.45, 2.75) is 33.3 Å². The number of aliphatic carboxylic acids is 1. The molecule has 0 fully saturated rings. The molecule has 0 heterocycles. The number of carboxylic acids is 1. The van der Waals surface area contributed by atoms with Crippen LogP contribution in [0.5, 0.6) is 0 Å². The number of benzene rings is 2. The average molecular weight is 500 g/mol. The number of anilines is 2. The molecule has 0 bridgehead atoms. The molecule has 2 atom stereocenters. The van der Waals surface area contributed by atoms with Crippen molar-refractivity contribution in [1.82, 2.24) is 0 Å². The molecule has 0 aliphatic heterocycles. The number of ether oxygens (including phenoxy) is 1. The summed E-state index contributed by atoms with van der Waals surface area (Å²) in [5.41, 5.74) is 2.86. The Labute approximate surface area is 208 Å². The van der Waals surface area contributed by atoms with E-state index >= 15 is 0 Å². The minimum Gasteiger partial charge on any atom is -0.481 e. The maximum atomic E-state index is 13.7. The van der Waals surface area contributed by atoms with Gasteiger partial charge in [0.15, 0.2) is 6.10 Å². The summed E-state index contributed by atoms with van der Waals surface area (Å²) in [6.45, 7) is 4.79. The number of amides is 2. The van der Waals surface area contributed by atoms with Gasteiger partial charge in [0.2, 0.25) is 5.91 Å².